The van der Waals surface area contributed by atoms with Crippen LogP contribution in [-0.4, -0.2) is 6.54 Å². The highest BCUT2D eigenvalue weighted by atomic mass is 79.9. The van der Waals surface area contributed by atoms with Crippen molar-refractivity contribution in [1.82, 2.24) is 5.32 Å². The van der Waals surface area contributed by atoms with Crippen LogP contribution in [0.15, 0.2) is 22.7 Å². The molecule has 1 unspecified atom stereocenters. The van der Waals surface area contributed by atoms with Crippen LogP contribution in [0, 0.1) is 25.5 Å². The van der Waals surface area contributed by atoms with Crippen molar-refractivity contribution in [2.45, 2.75) is 33.2 Å². The zero-order chi connectivity index (χ0) is 15.6. The number of hydrogen-bond donors (Lipinski definition) is 1. The molecule has 1 aromatic carbocycles. The van der Waals surface area contributed by atoms with Crippen LogP contribution in [0.25, 0.3) is 0 Å². The van der Waals surface area contributed by atoms with E-state index in [0.29, 0.717) is 5.56 Å². The lowest BCUT2D eigenvalue weighted by Gasteiger charge is -2.19. The summed E-state index contributed by atoms with van der Waals surface area (Å²) in [5.41, 5.74) is 1.53. The van der Waals surface area contributed by atoms with E-state index in [1.807, 2.05) is 26.8 Å². The molecule has 1 N–H and O–H groups in total. The fourth-order valence-electron chi connectivity index (χ4n) is 2.16. The van der Waals surface area contributed by atoms with Gasteiger partial charge in [-0.1, -0.05) is 6.92 Å². The first-order chi connectivity index (χ1) is 9.93. The molecule has 0 aliphatic rings. The summed E-state index contributed by atoms with van der Waals surface area (Å²) in [4.78, 5) is 2.21. The number of halogens is 3. The molecule has 0 bridgehead atoms. The number of benzene rings is 1. The lowest BCUT2D eigenvalue weighted by atomic mass is 10.0. The Balaban J connectivity index is 2.47. The van der Waals surface area contributed by atoms with E-state index in [2.05, 4.69) is 21.2 Å². The molecule has 0 aliphatic carbocycles. The SMILES string of the molecule is CCCNC(c1cc(C)c(C)s1)c1cc(F)c(Br)cc1F. The molecule has 1 nitrogen and oxygen atoms in total. The van der Waals surface area contributed by atoms with E-state index in [4.69, 9.17) is 0 Å². The molecular weight excluding hydrogens is 356 g/mol. The summed E-state index contributed by atoms with van der Waals surface area (Å²) in [6, 6.07) is 4.20. The van der Waals surface area contributed by atoms with E-state index in [0.717, 1.165) is 17.8 Å². The van der Waals surface area contributed by atoms with Crippen molar-refractivity contribution in [1.29, 1.82) is 0 Å². The Morgan fingerprint density at radius 2 is 1.90 bits per heavy atom. The third-order valence-electron chi connectivity index (χ3n) is 3.42. The molecular formula is C16H18BrF2NS. The van der Waals surface area contributed by atoms with Gasteiger partial charge in [-0.2, -0.15) is 0 Å². The van der Waals surface area contributed by atoms with Crippen molar-refractivity contribution >= 4 is 27.3 Å². The monoisotopic (exact) mass is 373 g/mol. The summed E-state index contributed by atoms with van der Waals surface area (Å²) in [7, 11) is 0. The van der Waals surface area contributed by atoms with Crippen LogP contribution < -0.4 is 5.32 Å². The normalized spacial score (nSPS) is 12.7. The van der Waals surface area contributed by atoms with Gasteiger partial charge in [-0.3, -0.25) is 0 Å². The second kappa shape index (κ2) is 6.99. The van der Waals surface area contributed by atoms with Crippen LogP contribution >= 0.6 is 27.3 Å². The highest BCUT2D eigenvalue weighted by molar-refractivity contribution is 9.10. The van der Waals surface area contributed by atoms with E-state index < -0.39 is 11.6 Å². The predicted molar refractivity (Wildman–Crippen MR) is 88.0 cm³/mol. The Morgan fingerprint density at radius 1 is 1.19 bits per heavy atom. The predicted octanol–water partition coefficient (Wildman–Crippen LogP) is 5.49. The summed E-state index contributed by atoms with van der Waals surface area (Å²) in [6.45, 7) is 6.87. The van der Waals surface area contributed by atoms with Gasteiger partial charge in [0.1, 0.15) is 11.6 Å². The van der Waals surface area contributed by atoms with E-state index in [-0.39, 0.29) is 10.5 Å². The number of nitrogens with one attached hydrogen (secondary N) is 1. The first-order valence-corrected chi connectivity index (χ1v) is 8.49. The Labute approximate surface area is 136 Å². The number of thiophene rings is 1. The Hall–Kier alpha value is -0.780. The zero-order valence-electron chi connectivity index (χ0n) is 12.3. The highest BCUT2D eigenvalue weighted by Gasteiger charge is 2.21. The first-order valence-electron chi connectivity index (χ1n) is 6.88. The number of hydrogen-bond acceptors (Lipinski definition) is 2. The topological polar surface area (TPSA) is 12.0 Å². The zero-order valence-corrected chi connectivity index (χ0v) is 14.7. The molecule has 0 amide bonds. The second-order valence-electron chi connectivity index (χ2n) is 5.06. The average Bonchev–Trinajstić information content (AvgIpc) is 2.75. The largest absolute Gasteiger partial charge is 0.306 e. The van der Waals surface area contributed by atoms with Gasteiger partial charge in [0.05, 0.1) is 10.5 Å². The molecule has 0 spiro atoms. The standard InChI is InChI=1S/C16H18BrF2NS/c1-4-5-20-16(15-6-9(2)10(3)21-15)11-7-14(19)12(17)8-13(11)18/h6-8,16,20H,4-5H2,1-3H3. The summed E-state index contributed by atoms with van der Waals surface area (Å²) in [5.74, 6) is -0.847. The smallest absolute Gasteiger partial charge is 0.137 e. The molecule has 0 fully saturated rings. The van der Waals surface area contributed by atoms with Gasteiger partial charge in [-0.25, -0.2) is 8.78 Å². The van der Waals surface area contributed by atoms with Crippen LogP contribution in [0.4, 0.5) is 8.78 Å². The van der Waals surface area contributed by atoms with Crippen molar-refractivity contribution in [3.05, 3.63) is 55.2 Å². The van der Waals surface area contributed by atoms with Crippen molar-refractivity contribution in [2.24, 2.45) is 0 Å². The van der Waals surface area contributed by atoms with E-state index >= 15 is 0 Å². The Morgan fingerprint density at radius 3 is 2.48 bits per heavy atom. The molecule has 0 radical (unpaired) electrons. The van der Waals surface area contributed by atoms with Gasteiger partial charge < -0.3 is 5.32 Å². The summed E-state index contributed by atoms with van der Waals surface area (Å²) >= 11 is 4.64. The second-order valence-corrected chi connectivity index (χ2v) is 7.21. The molecule has 0 saturated carbocycles. The maximum absolute atomic E-state index is 14.3. The molecule has 2 aromatic rings. The van der Waals surface area contributed by atoms with Gasteiger partial charge in [0.15, 0.2) is 0 Å². The maximum Gasteiger partial charge on any atom is 0.137 e. The summed E-state index contributed by atoms with van der Waals surface area (Å²) in [5, 5.41) is 3.32. The summed E-state index contributed by atoms with van der Waals surface area (Å²) < 4.78 is 28.2. The maximum atomic E-state index is 14.3. The Kier molecular flexibility index (Phi) is 5.52. The number of rotatable bonds is 5. The van der Waals surface area contributed by atoms with E-state index in [1.54, 1.807) is 11.3 Å². The summed E-state index contributed by atoms with van der Waals surface area (Å²) in [6.07, 6.45) is 0.931. The first kappa shape index (κ1) is 16.6. The molecule has 0 saturated heterocycles. The lowest BCUT2D eigenvalue weighted by molar-refractivity contribution is 0.536. The lowest BCUT2D eigenvalue weighted by Crippen LogP contribution is -2.23. The van der Waals surface area contributed by atoms with Crippen LogP contribution in [0.3, 0.4) is 0 Å². The van der Waals surface area contributed by atoms with Crippen molar-refractivity contribution in [3.8, 4) is 0 Å². The third kappa shape index (κ3) is 3.71. The number of aryl methyl sites for hydroxylation is 2. The van der Waals surface area contributed by atoms with Gasteiger partial charge in [0.2, 0.25) is 0 Å². The van der Waals surface area contributed by atoms with Gasteiger partial charge >= 0.3 is 0 Å². The van der Waals surface area contributed by atoms with Gasteiger partial charge in [-0.05, 0) is 66.5 Å². The third-order valence-corrected chi connectivity index (χ3v) is 5.24. The minimum atomic E-state index is -0.445. The van der Waals surface area contributed by atoms with E-state index in [1.165, 1.54) is 22.6 Å². The molecule has 1 aromatic heterocycles. The minimum absolute atomic E-state index is 0.150. The molecule has 21 heavy (non-hydrogen) atoms. The Bertz CT molecular complexity index is 620. The van der Waals surface area contributed by atoms with Crippen LogP contribution in [0.2, 0.25) is 0 Å². The van der Waals surface area contributed by atoms with Crippen molar-refractivity contribution in [3.63, 3.8) is 0 Å². The van der Waals surface area contributed by atoms with Gasteiger partial charge in [0.25, 0.3) is 0 Å². The molecule has 0 aliphatic heterocycles. The van der Waals surface area contributed by atoms with Crippen LogP contribution in [0.5, 0.6) is 0 Å². The molecule has 114 valence electrons. The average molecular weight is 374 g/mol. The highest BCUT2D eigenvalue weighted by Crippen LogP contribution is 2.33. The molecule has 5 heteroatoms. The molecule has 1 atom stereocenters. The van der Waals surface area contributed by atoms with Crippen LogP contribution in [0.1, 0.15) is 40.3 Å². The molecule has 2 rings (SSSR count). The van der Waals surface area contributed by atoms with Gasteiger partial charge in [-0.15, -0.1) is 11.3 Å². The fraction of sp³-hybridized carbons (Fsp3) is 0.375. The van der Waals surface area contributed by atoms with Crippen molar-refractivity contribution < 1.29 is 8.78 Å². The molecule has 1 heterocycles. The van der Waals surface area contributed by atoms with Gasteiger partial charge in [0, 0.05) is 15.3 Å². The quantitative estimate of drug-likeness (QED) is 0.682. The van der Waals surface area contributed by atoms with Crippen molar-refractivity contribution in [2.75, 3.05) is 6.54 Å². The fourth-order valence-corrected chi connectivity index (χ4v) is 3.61. The minimum Gasteiger partial charge on any atom is -0.306 e. The van der Waals surface area contributed by atoms with E-state index in [9.17, 15) is 8.78 Å². The van der Waals surface area contributed by atoms with Crippen LogP contribution in [-0.2, 0) is 0 Å².